The van der Waals surface area contributed by atoms with Gasteiger partial charge in [0, 0.05) is 17.7 Å². The first-order valence-corrected chi connectivity index (χ1v) is 8.78. The van der Waals surface area contributed by atoms with Gasteiger partial charge in [-0.05, 0) is 48.5 Å². The van der Waals surface area contributed by atoms with Gasteiger partial charge in [0.25, 0.3) is 11.8 Å². The van der Waals surface area contributed by atoms with E-state index in [-0.39, 0.29) is 18.3 Å². The number of carbonyl (C=O) groups excluding carboxylic acids is 1. The lowest BCUT2D eigenvalue weighted by atomic mass is 10.1. The molecule has 0 N–H and O–H groups in total. The van der Waals surface area contributed by atoms with Crippen molar-refractivity contribution >= 4 is 5.91 Å². The number of halogens is 1. The summed E-state index contributed by atoms with van der Waals surface area (Å²) in [6, 6.07) is 12.7. The van der Waals surface area contributed by atoms with E-state index in [4.69, 9.17) is 14.0 Å². The summed E-state index contributed by atoms with van der Waals surface area (Å²) < 4.78 is 29.3. The van der Waals surface area contributed by atoms with E-state index in [0.29, 0.717) is 30.4 Å². The topological polar surface area (TPSA) is 77.7 Å². The van der Waals surface area contributed by atoms with Gasteiger partial charge in [0.15, 0.2) is 0 Å². The summed E-state index contributed by atoms with van der Waals surface area (Å²) in [4.78, 5) is 18.7. The van der Waals surface area contributed by atoms with Gasteiger partial charge in [0.1, 0.15) is 17.7 Å². The van der Waals surface area contributed by atoms with Gasteiger partial charge in [-0.15, -0.1) is 0 Å². The molecule has 1 aliphatic heterocycles. The van der Waals surface area contributed by atoms with E-state index >= 15 is 0 Å². The molecule has 0 saturated carbocycles. The van der Waals surface area contributed by atoms with Gasteiger partial charge < -0.3 is 18.9 Å². The molecule has 0 aliphatic carbocycles. The molecule has 0 unspecified atom stereocenters. The Morgan fingerprint density at radius 2 is 1.93 bits per heavy atom. The lowest BCUT2D eigenvalue weighted by molar-refractivity contribution is -0.0276. The van der Waals surface area contributed by atoms with Crippen LogP contribution >= 0.6 is 0 Å². The van der Waals surface area contributed by atoms with Crippen LogP contribution in [0.5, 0.6) is 5.75 Å². The number of hydrogen-bond donors (Lipinski definition) is 0. The quantitative estimate of drug-likeness (QED) is 0.689. The van der Waals surface area contributed by atoms with Crippen LogP contribution in [0.25, 0.3) is 11.5 Å². The minimum absolute atomic E-state index is 0.188. The molecule has 1 amide bonds. The molecule has 1 aromatic heterocycles. The largest absolute Gasteiger partial charge is 0.497 e. The van der Waals surface area contributed by atoms with Crippen LogP contribution in [-0.4, -0.2) is 47.8 Å². The lowest BCUT2D eigenvalue weighted by Crippen LogP contribution is -2.42. The second kappa shape index (κ2) is 7.77. The average Bonchev–Trinajstić information content (AvgIpc) is 3.24. The molecule has 4 rings (SSSR count). The van der Waals surface area contributed by atoms with Crippen LogP contribution in [0.4, 0.5) is 4.39 Å². The summed E-state index contributed by atoms with van der Waals surface area (Å²) in [7, 11) is 1.60. The number of hydrogen-bond acceptors (Lipinski definition) is 6. The molecule has 2 aromatic carbocycles. The number of carbonyl (C=O) groups is 1. The molecular formula is C20H18FN3O4. The van der Waals surface area contributed by atoms with Crippen molar-refractivity contribution in [1.29, 1.82) is 0 Å². The summed E-state index contributed by atoms with van der Waals surface area (Å²) in [6.45, 7) is 1.08. The first-order chi connectivity index (χ1) is 13.6. The van der Waals surface area contributed by atoms with E-state index in [1.807, 2.05) is 12.1 Å². The number of aromatic nitrogens is 2. The zero-order valence-electron chi connectivity index (χ0n) is 15.2. The smallest absolute Gasteiger partial charge is 0.258 e. The minimum Gasteiger partial charge on any atom is -0.497 e. The van der Waals surface area contributed by atoms with E-state index in [2.05, 4.69) is 10.1 Å². The molecule has 0 bridgehead atoms. The third-order valence-electron chi connectivity index (χ3n) is 4.51. The van der Waals surface area contributed by atoms with Gasteiger partial charge in [0.2, 0.25) is 5.82 Å². The number of rotatable bonds is 4. The molecule has 1 aliphatic rings. The Kier molecular flexibility index (Phi) is 5.03. The fourth-order valence-corrected chi connectivity index (χ4v) is 2.98. The monoisotopic (exact) mass is 383 g/mol. The van der Waals surface area contributed by atoms with E-state index < -0.39 is 6.10 Å². The Labute approximate surface area is 160 Å². The van der Waals surface area contributed by atoms with Crippen molar-refractivity contribution in [2.75, 3.05) is 26.8 Å². The Morgan fingerprint density at radius 1 is 1.18 bits per heavy atom. The van der Waals surface area contributed by atoms with Crippen LogP contribution in [-0.2, 0) is 4.74 Å². The van der Waals surface area contributed by atoms with Crippen LogP contribution in [0.15, 0.2) is 53.1 Å². The van der Waals surface area contributed by atoms with E-state index in [1.165, 1.54) is 24.3 Å². The third-order valence-corrected chi connectivity index (χ3v) is 4.51. The molecule has 7 nitrogen and oxygen atoms in total. The number of benzene rings is 2. The van der Waals surface area contributed by atoms with E-state index in [0.717, 1.165) is 11.3 Å². The van der Waals surface area contributed by atoms with Crippen molar-refractivity contribution in [2.24, 2.45) is 0 Å². The third kappa shape index (κ3) is 3.72. The van der Waals surface area contributed by atoms with E-state index in [1.54, 1.807) is 24.1 Å². The van der Waals surface area contributed by atoms with Crippen LogP contribution in [0.3, 0.4) is 0 Å². The Hall–Kier alpha value is -3.26. The van der Waals surface area contributed by atoms with Crippen LogP contribution in [0.1, 0.15) is 22.3 Å². The zero-order valence-corrected chi connectivity index (χ0v) is 15.2. The molecule has 3 aromatic rings. The fraction of sp³-hybridized carbons (Fsp3) is 0.250. The van der Waals surface area contributed by atoms with Gasteiger partial charge in [-0.2, -0.15) is 4.98 Å². The second-order valence-electron chi connectivity index (χ2n) is 6.30. The molecule has 1 saturated heterocycles. The highest BCUT2D eigenvalue weighted by Gasteiger charge is 2.29. The summed E-state index contributed by atoms with van der Waals surface area (Å²) in [5, 5.41) is 4.01. The van der Waals surface area contributed by atoms with Crippen LogP contribution < -0.4 is 4.74 Å². The van der Waals surface area contributed by atoms with Crippen molar-refractivity contribution in [3.8, 4) is 17.2 Å². The SMILES string of the molecule is COc1ccc(-c2nc([C@@H]3CN(C(=O)c4ccc(F)cc4)CCO3)no2)cc1. The van der Waals surface area contributed by atoms with Crippen molar-refractivity contribution in [1.82, 2.24) is 15.0 Å². The first kappa shape index (κ1) is 18.1. The highest BCUT2D eigenvalue weighted by molar-refractivity contribution is 5.94. The lowest BCUT2D eigenvalue weighted by Gasteiger charge is -2.31. The van der Waals surface area contributed by atoms with E-state index in [9.17, 15) is 9.18 Å². The maximum Gasteiger partial charge on any atom is 0.258 e. The predicted octanol–water partition coefficient (Wildman–Crippen LogP) is 3.10. The summed E-state index contributed by atoms with van der Waals surface area (Å²) in [5.74, 6) is 0.904. The van der Waals surface area contributed by atoms with Crippen molar-refractivity contribution in [3.05, 3.63) is 65.7 Å². The fourth-order valence-electron chi connectivity index (χ4n) is 2.98. The maximum atomic E-state index is 13.1. The average molecular weight is 383 g/mol. The Morgan fingerprint density at radius 3 is 2.64 bits per heavy atom. The molecule has 0 radical (unpaired) electrons. The number of methoxy groups -OCH3 is 1. The van der Waals surface area contributed by atoms with Crippen molar-refractivity contribution < 1.29 is 23.2 Å². The first-order valence-electron chi connectivity index (χ1n) is 8.78. The zero-order chi connectivity index (χ0) is 19.5. The molecule has 1 fully saturated rings. The van der Waals surface area contributed by atoms with Gasteiger partial charge in [-0.25, -0.2) is 4.39 Å². The van der Waals surface area contributed by atoms with Gasteiger partial charge >= 0.3 is 0 Å². The maximum absolute atomic E-state index is 13.1. The molecule has 2 heterocycles. The van der Waals surface area contributed by atoms with Gasteiger partial charge in [-0.3, -0.25) is 4.79 Å². The normalized spacial score (nSPS) is 16.8. The predicted molar refractivity (Wildman–Crippen MR) is 97.3 cm³/mol. The number of nitrogens with zero attached hydrogens (tertiary/aromatic N) is 3. The standard InChI is InChI=1S/C20H18FN3O4/c1-26-16-8-4-13(5-9-16)19-22-18(23-28-19)17-12-24(10-11-27-17)20(25)14-2-6-15(21)7-3-14/h2-9,17H,10-12H2,1H3/t17-/m0/s1. The minimum atomic E-state index is -0.492. The molecule has 0 spiro atoms. The number of ether oxygens (including phenoxy) is 2. The molecular weight excluding hydrogens is 365 g/mol. The van der Waals surface area contributed by atoms with Crippen LogP contribution in [0.2, 0.25) is 0 Å². The number of morpholine rings is 1. The van der Waals surface area contributed by atoms with Crippen molar-refractivity contribution in [2.45, 2.75) is 6.10 Å². The van der Waals surface area contributed by atoms with Crippen molar-refractivity contribution in [3.63, 3.8) is 0 Å². The summed E-state index contributed by atoms with van der Waals surface area (Å²) in [6.07, 6.45) is -0.492. The Balaban J connectivity index is 1.48. The summed E-state index contributed by atoms with van der Waals surface area (Å²) in [5.41, 5.74) is 1.18. The second-order valence-corrected chi connectivity index (χ2v) is 6.30. The Bertz CT molecular complexity index is 956. The van der Waals surface area contributed by atoms with Gasteiger partial charge in [-0.1, -0.05) is 5.16 Å². The highest BCUT2D eigenvalue weighted by atomic mass is 19.1. The van der Waals surface area contributed by atoms with Gasteiger partial charge in [0.05, 0.1) is 20.3 Å². The molecule has 1 atom stereocenters. The molecule has 28 heavy (non-hydrogen) atoms. The summed E-state index contributed by atoms with van der Waals surface area (Å²) >= 11 is 0. The number of amides is 1. The highest BCUT2D eigenvalue weighted by Crippen LogP contribution is 2.25. The molecule has 8 heteroatoms. The van der Waals surface area contributed by atoms with Crippen LogP contribution in [0, 0.1) is 5.82 Å². The molecule has 144 valence electrons.